The Morgan fingerprint density at radius 1 is 1.18 bits per heavy atom. The molecule has 116 valence electrons. The van der Waals surface area contributed by atoms with Crippen LogP contribution in [0.2, 0.25) is 10.0 Å². The summed E-state index contributed by atoms with van der Waals surface area (Å²) in [5.41, 5.74) is 1.12. The molecule has 0 bridgehead atoms. The Labute approximate surface area is 138 Å². The molecule has 0 atom stereocenters. The molecule has 0 spiro atoms. The lowest BCUT2D eigenvalue weighted by Gasteiger charge is -2.17. The Kier molecular flexibility index (Phi) is 5.77. The average Bonchev–Trinajstić information content (AvgIpc) is 2.45. The van der Waals surface area contributed by atoms with Crippen LogP contribution in [0, 0.1) is 5.82 Å². The van der Waals surface area contributed by atoms with E-state index in [-0.39, 0.29) is 18.1 Å². The fourth-order valence-corrected chi connectivity index (χ4v) is 2.32. The van der Waals surface area contributed by atoms with Gasteiger partial charge in [0.1, 0.15) is 5.82 Å². The molecule has 22 heavy (non-hydrogen) atoms. The minimum absolute atomic E-state index is 0.134. The van der Waals surface area contributed by atoms with E-state index >= 15 is 0 Å². The van der Waals surface area contributed by atoms with Crippen LogP contribution in [0.5, 0.6) is 0 Å². The minimum Gasteiger partial charge on any atom is -0.322 e. The molecule has 0 aliphatic heterocycles. The second kappa shape index (κ2) is 7.58. The summed E-state index contributed by atoms with van der Waals surface area (Å²) in [6.07, 6.45) is 0. The first-order chi connectivity index (χ1) is 10.5. The van der Waals surface area contributed by atoms with Gasteiger partial charge in [0.2, 0.25) is 5.91 Å². The summed E-state index contributed by atoms with van der Waals surface area (Å²) in [5, 5.41) is 3.51. The van der Waals surface area contributed by atoms with Crippen molar-refractivity contribution in [2.24, 2.45) is 0 Å². The van der Waals surface area contributed by atoms with Crippen LogP contribution in [0.1, 0.15) is 5.56 Å². The standard InChI is InChI=1S/C16H15Cl2FN2O/c1-21(9-11-6-7-12(17)13(18)8-11)10-16(22)20-15-5-3-2-4-14(15)19/h2-8H,9-10H2,1H3,(H,20,22). The molecule has 2 rings (SSSR count). The first-order valence-electron chi connectivity index (χ1n) is 6.62. The summed E-state index contributed by atoms with van der Waals surface area (Å²) in [7, 11) is 1.80. The predicted octanol–water partition coefficient (Wildman–Crippen LogP) is 4.20. The number of carbonyl (C=O) groups is 1. The van der Waals surface area contributed by atoms with Gasteiger partial charge in [-0.05, 0) is 36.9 Å². The number of anilines is 1. The molecule has 3 nitrogen and oxygen atoms in total. The third-order valence-electron chi connectivity index (χ3n) is 3.00. The topological polar surface area (TPSA) is 32.3 Å². The number of likely N-dealkylation sites (N-methyl/N-ethyl adjacent to an activating group) is 1. The second-order valence-electron chi connectivity index (χ2n) is 4.95. The Balaban J connectivity index is 1.91. The number of benzene rings is 2. The van der Waals surface area contributed by atoms with Gasteiger partial charge in [0.25, 0.3) is 0 Å². The first kappa shape index (κ1) is 16.7. The van der Waals surface area contributed by atoms with Gasteiger partial charge in [-0.1, -0.05) is 41.4 Å². The van der Waals surface area contributed by atoms with Crippen LogP contribution in [-0.4, -0.2) is 24.4 Å². The zero-order valence-electron chi connectivity index (χ0n) is 11.9. The highest BCUT2D eigenvalue weighted by molar-refractivity contribution is 6.42. The van der Waals surface area contributed by atoms with Crippen molar-refractivity contribution in [3.05, 3.63) is 63.9 Å². The van der Waals surface area contributed by atoms with Gasteiger partial charge in [-0.3, -0.25) is 9.69 Å². The van der Waals surface area contributed by atoms with E-state index in [9.17, 15) is 9.18 Å². The van der Waals surface area contributed by atoms with Crippen LogP contribution >= 0.6 is 23.2 Å². The molecule has 0 aliphatic carbocycles. The molecule has 0 unspecified atom stereocenters. The second-order valence-corrected chi connectivity index (χ2v) is 5.76. The molecule has 1 amide bonds. The quantitative estimate of drug-likeness (QED) is 0.884. The van der Waals surface area contributed by atoms with Crippen molar-refractivity contribution in [2.45, 2.75) is 6.54 Å². The molecule has 0 aromatic heterocycles. The van der Waals surface area contributed by atoms with E-state index in [1.807, 2.05) is 6.07 Å². The average molecular weight is 341 g/mol. The fourth-order valence-electron chi connectivity index (χ4n) is 2.00. The van der Waals surface area contributed by atoms with Gasteiger partial charge >= 0.3 is 0 Å². The molecule has 0 saturated heterocycles. The maximum absolute atomic E-state index is 13.5. The van der Waals surface area contributed by atoms with Gasteiger partial charge in [0.15, 0.2) is 0 Å². The van der Waals surface area contributed by atoms with Crippen LogP contribution in [-0.2, 0) is 11.3 Å². The summed E-state index contributed by atoms with van der Waals surface area (Å²) in [6.45, 7) is 0.663. The number of para-hydroxylation sites is 1. The summed E-state index contributed by atoms with van der Waals surface area (Å²) in [6, 6.07) is 11.4. The number of amides is 1. The summed E-state index contributed by atoms with van der Waals surface area (Å²) >= 11 is 11.8. The van der Waals surface area contributed by atoms with Crippen molar-refractivity contribution in [3.8, 4) is 0 Å². The first-order valence-corrected chi connectivity index (χ1v) is 7.38. The molecule has 0 saturated carbocycles. The molecule has 2 aromatic rings. The maximum atomic E-state index is 13.5. The van der Waals surface area contributed by atoms with Crippen molar-refractivity contribution >= 4 is 34.8 Å². The molecule has 0 fully saturated rings. The summed E-state index contributed by atoms with van der Waals surface area (Å²) in [4.78, 5) is 13.7. The molecule has 0 radical (unpaired) electrons. The Morgan fingerprint density at radius 2 is 1.91 bits per heavy atom. The number of hydrogen-bond donors (Lipinski definition) is 1. The number of nitrogens with zero attached hydrogens (tertiary/aromatic N) is 1. The molecule has 0 heterocycles. The van der Waals surface area contributed by atoms with E-state index in [1.54, 1.807) is 36.2 Å². The summed E-state index contributed by atoms with van der Waals surface area (Å²) < 4.78 is 13.5. The lowest BCUT2D eigenvalue weighted by molar-refractivity contribution is -0.117. The normalized spacial score (nSPS) is 10.8. The largest absolute Gasteiger partial charge is 0.322 e. The highest BCUT2D eigenvalue weighted by atomic mass is 35.5. The molecular weight excluding hydrogens is 326 g/mol. The lowest BCUT2D eigenvalue weighted by atomic mass is 10.2. The van der Waals surface area contributed by atoms with Gasteiger partial charge in [-0.2, -0.15) is 0 Å². The van der Waals surface area contributed by atoms with Crippen LogP contribution in [0.15, 0.2) is 42.5 Å². The molecular formula is C16H15Cl2FN2O. The van der Waals surface area contributed by atoms with Crippen LogP contribution in [0.25, 0.3) is 0 Å². The Hall–Kier alpha value is -1.62. The number of halogens is 3. The monoisotopic (exact) mass is 340 g/mol. The van der Waals surface area contributed by atoms with E-state index in [4.69, 9.17) is 23.2 Å². The number of rotatable bonds is 5. The molecule has 2 aromatic carbocycles. The van der Waals surface area contributed by atoms with E-state index in [2.05, 4.69) is 5.32 Å². The van der Waals surface area contributed by atoms with Crippen molar-refractivity contribution < 1.29 is 9.18 Å². The van der Waals surface area contributed by atoms with Gasteiger partial charge in [-0.25, -0.2) is 4.39 Å². The van der Waals surface area contributed by atoms with Gasteiger partial charge < -0.3 is 5.32 Å². The smallest absolute Gasteiger partial charge is 0.238 e. The Morgan fingerprint density at radius 3 is 2.59 bits per heavy atom. The van der Waals surface area contributed by atoms with Gasteiger partial charge in [-0.15, -0.1) is 0 Å². The van der Waals surface area contributed by atoms with Crippen molar-refractivity contribution in [1.29, 1.82) is 0 Å². The number of nitrogens with one attached hydrogen (secondary N) is 1. The third kappa shape index (κ3) is 4.70. The molecule has 0 aliphatic rings. The van der Waals surface area contributed by atoms with Crippen molar-refractivity contribution in [2.75, 3.05) is 18.9 Å². The van der Waals surface area contributed by atoms with Crippen molar-refractivity contribution in [1.82, 2.24) is 4.90 Å². The highest BCUT2D eigenvalue weighted by Gasteiger charge is 2.10. The minimum atomic E-state index is -0.456. The highest BCUT2D eigenvalue weighted by Crippen LogP contribution is 2.23. The van der Waals surface area contributed by atoms with E-state index in [1.165, 1.54) is 12.1 Å². The molecule has 1 N–H and O–H groups in total. The fraction of sp³-hybridized carbons (Fsp3) is 0.188. The predicted molar refractivity (Wildman–Crippen MR) is 87.8 cm³/mol. The zero-order valence-corrected chi connectivity index (χ0v) is 13.5. The van der Waals surface area contributed by atoms with Crippen LogP contribution in [0.3, 0.4) is 0 Å². The lowest BCUT2D eigenvalue weighted by Crippen LogP contribution is -2.30. The summed E-state index contributed by atoms with van der Waals surface area (Å²) in [5.74, 6) is -0.740. The third-order valence-corrected chi connectivity index (χ3v) is 3.74. The van der Waals surface area contributed by atoms with E-state index < -0.39 is 5.82 Å². The van der Waals surface area contributed by atoms with Gasteiger partial charge in [0, 0.05) is 6.54 Å². The van der Waals surface area contributed by atoms with E-state index in [0.29, 0.717) is 16.6 Å². The SMILES string of the molecule is CN(CC(=O)Nc1ccccc1F)Cc1ccc(Cl)c(Cl)c1. The van der Waals surface area contributed by atoms with E-state index in [0.717, 1.165) is 5.56 Å². The number of carbonyl (C=O) groups excluding carboxylic acids is 1. The Bertz CT molecular complexity index is 679. The van der Waals surface area contributed by atoms with Crippen molar-refractivity contribution in [3.63, 3.8) is 0 Å². The van der Waals surface area contributed by atoms with Crippen LogP contribution < -0.4 is 5.32 Å². The number of hydrogen-bond acceptors (Lipinski definition) is 2. The van der Waals surface area contributed by atoms with Gasteiger partial charge in [0.05, 0.1) is 22.3 Å². The molecule has 6 heteroatoms. The maximum Gasteiger partial charge on any atom is 0.238 e. The zero-order chi connectivity index (χ0) is 16.1. The van der Waals surface area contributed by atoms with Crippen LogP contribution in [0.4, 0.5) is 10.1 Å².